The van der Waals surface area contributed by atoms with E-state index in [1.165, 1.54) is 18.2 Å². The molecule has 0 aliphatic carbocycles. The number of carboxylic acids is 1. The number of aromatic nitrogens is 2. The Morgan fingerprint density at radius 3 is 2.63 bits per heavy atom. The Labute approximate surface area is 158 Å². The molecule has 4 heterocycles. The van der Waals surface area contributed by atoms with E-state index < -0.39 is 39.8 Å². The molecule has 1 saturated heterocycles. The average Bonchev–Trinajstić information content (AvgIpc) is 3.15. The second kappa shape index (κ2) is 5.63. The second-order valence-corrected chi connectivity index (χ2v) is 9.91. The number of β-lactam (4-membered cyclic amide) rings is 1. The number of fused-ring (bicyclic) bond motifs is 2. The van der Waals surface area contributed by atoms with Crippen molar-refractivity contribution < 1.29 is 28.2 Å². The van der Waals surface area contributed by atoms with Gasteiger partial charge in [0.05, 0.1) is 22.9 Å². The highest BCUT2D eigenvalue weighted by Crippen LogP contribution is 2.51. The van der Waals surface area contributed by atoms with E-state index in [1.807, 2.05) is 6.92 Å². The Balaban J connectivity index is 1.88. The van der Waals surface area contributed by atoms with Gasteiger partial charge in [-0.05, 0) is 6.92 Å². The Morgan fingerprint density at radius 2 is 2.07 bits per heavy atom. The molecule has 0 spiro atoms. The number of hydrogen-bond donors (Lipinski definition) is 2. The zero-order valence-corrected chi connectivity index (χ0v) is 16.3. The van der Waals surface area contributed by atoms with Crippen molar-refractivity contribution in [3.8, 4) is 0 Å². The Morgan fingerprint density at radius 1 is 1.41 bits per heavy atom. The lowest BCUT2D eigenvalue weighted by atomic mass is 9.77. The summed E-state index contributed by atoms with van der Waals surface area (Å²) in [5.41, 5.74) is 0.366. The number of imidazole rings is 1. The van der Waals surface area contributed by atoms with Crippen molar-refractivity contribution in [3.05, 3.63) is 23.1 Å². The molecule has 2 aliphatic rings. The van der Waals surface area contributed by atoms with Gasteiger partial charge in [0, 0.05) is 23.9 Å². The van der Waals surface area contributed by atoms with Crippen LogP contribution in [0.5, 0.6) is 0 Å². The number of hydrogen-bond acceptors (Lipinski definition) is 7. The number of aliphatic carboxylic acids is 1. The fourth-order valence-corrected chi connectivity index (χ4v) is 6.40. The van der Waals surface area contributed by atoms with Gasteiger partial charge >= 0.3 is 5.97 Å². The SMILES string of the molecule is C[C@@H](O)[C@H]1C(=O)N2C(C(=O)O)=C(c3cn4cnc(S(C)(=O)=O)c4s3)[C@H](C)[C@H]12. The van der Waals surface area contributed by atoms with Gasteiger partial charge in [-0.15, -0.1) is 11.3 Å². The van der Waals surface area contributed by atoms with Crippen LogP contribution in [-0.2, 0) is 19.4 Å². The van der Waals surface area contributed by atoms with E-state index in [9.17, 15) is 28.2 Å². The summed E-state index contributed by atoms with van der Waals surface area (Å²) in [5.74, 6) is -2.59. The van der Waals surface area contributed by atoms with Crippen molar-refractivity contribution in [1.29, 1.82) is 0 Å². The highest BCUT2D eigenvalue weighted by molar-refractivity contribution is 7.91. The molecule has 27 heavy (non-hydrogen) atoms. The van der Waals surface area contributed by atoms with Gasteiger partial charge in [-0.2, -0.15) is 0 Å². The summed E-state index contributed by atoms with van der Waals surface area (Å²) >= 11 is 1.12. The molecule has 1 amide bonds. The van der Waals surface area contributed by atoms with E-state index in [0.717, 1.165) is 17.6 Å². The van der Waals surface area contributed by atoms with Crippen LogP contribution in [0.1, 0.15) is 18.7 Å². The van der Waals surface area contributed by atoms with Gasteiger partial charge in [-0.3, -0.25) is 9.20 Å². The van der Waals surface area contributed by atoms with Crippen LogP contribution in [0.2, 0.25) is 0 Å². The van der Waals surface area contributed by atoms with Crippen LogP contribution >= 0.6 is 11.3 Å². The van der Waals surface area contributed by atoms with Crippen LogP contribution in [-0.4, -0.2) is 63.2 Å². The molecule has 1 fully saturated rings. The third-order valence-electron chi connectivity index (χ3n) is 5.17. The minimum absolute atomic E-state index is 0.0666. The molecule has 4 rings (SSSR count). The van der Waals surface area contributed by atoms with Crippen LogP contribution in [0.15, 0.2) is 23.2 Å². The van der Waals surface area contributed by atoms with E-state index in [2.05, 4.69) is 4.98 Å². The van der Waals surface area contributed by atoms with Gasteiger partial charge in [-0.1, -0.05) is 6.92 Å². The number of thiazole rings is 1. The number of carbonyl (C=O) groups is 2. The number of amides is 1. The first-order valence-electron chi connectivity index (χ1n) is 8.19. The van der Waals surface area contributed by atoms with Crippen LogP contribution in [0.3, 0.4) is 0 Å². The first-order valence-corrected chi connectivity index (χ1v) is 10.9. The van der Waals surface area contributed by atoms with Crippen molar-refractivity contribution in [3.63, 3.8) is 0 Å². The van der Waals surface area contributed by atoms with Crippen LogP contribution < -0.4 is 0 Å². The standard InChI is InChI=1S/C16H17N3O6S2/c1-6-9(8-4-18-5-17-13(15(18)26-8)27(3,24)25)12(16(22)23)19-11(6)10(7(2)20)14(19)21/h4-7,10-11,20H,1-3H3,(H,22,23)/t6-,7+,10+,11+/m0/s1. The van der Waals surface area contributed by atoms with Gasteiger partial charge in [0.25, 0.3) is 0 Å². The molecule has 0 saturated carbocycles. The maximum absolute atomic E-state index is 12.4. The first kappa shape index (κ1) is 18.1. The zero-order chi connectivity index (χ0) is 19.8. The van der Waals surface area contributed by atoms with Gasteiger partial charge in [0.2, 0.25) is 5.91 Å². The number of carboxylic acid groups (broad SMARTS) is 1. The molecule has 11 heteroatoms. The fourth-order valence-electron chi connectivity index (χ4n) is 4.05. The Bertz CT molecular complexity index is 1130. The summed E-state index contributed by atoms with van der Waals surface area (Å²) in [6, 6.07) is -0.424. The number of sulfone groups is 1. The normalized spacial score (nSPS) is 26.4. The molecule has 0 radical (unpaired) electrons. The molecular weight excluding hydrogens is 394 g/mol. The third-order valence-corrected chi connectivity index (χ3v) is 7.44. The molecule has 2 aromatic rings. The number of nitrogens with zero attached hydrogens (tertiary/aromatic N) is 3. The highest BCUT2D eigenvalue weighted by Gasteiger charge is 2.60. The molecule has 2 N–H and O–H groups in total. The van der Waals surface area contributed by atoms with Crippen LogP contribution in [0, 0.1) is 11.8 Å². The summed E-state index contributed by atoms with van der Waals surface area (Å²) in [4.78, 5) is 30.4. The van der Waals surface area contributed by atoms with Crippen molar-refractivity contribution >= 4 is 43.5 Å². The summed E-state index contributed by atoms with van der Waals surface area (Å²) in [6.07, 6.45) is 3.18. The predicted molar refractivity (Wildman–Crippen MR) is 95.7 cm³/mol. The molecule has 0 aromatic carbocycles. The maximum atomic E-state index is 12.4. The van der Waals surface area contributed by atoms with E-state index >= 15 is 0 Å². The molecule has 144 valence electrons. The lowest BCUT2D eigenvalue weighted by molar-refractivity contribution is -0.163. The molecule has 4 atom stereocenters. The van der Waals surface area contributed by atoms with Gasteiger partial charge in [0.15, 0.2) is 14.9 Å². The third kappa shape index (κ3) is 2.38. The molecule has 0 bridgehead atoms. The van der Waals surface area contributed by atoms with Gasteiger partial charge in [-0.25, -0.2) is 18.2 Å². The minimum atomic E-state index is -3.53. The molecule has 2 aromatic heterocycles. The molecule has 2 aliphatic heterocycles. The summed E-state index contributed by atoms with van der Waals surface area (Å²) < 4.78 is 25.3. The second-order valence-electron chi connectivity index (χ2n) is 6.95. The molecular formula is C16H17N3O6S2. The predicted octanol–water partition coefficient (Wildman–Crippen LogP) is 0.452. The number of aliphatic hydroxyl groups excluding tert-OH is 1. The summed E-state index contributed by atoms with van der Waals surface area (Å²) in [6.45, 7) is 3.33. The van der Waals surface area contributed by atoms with E-state index in [4.69, 9.17) is 0 Å². The minimum Gasteiger partial charge on any atom is -0.477 e. The van der Waals surface area contributed by atoms with Gasteiger partial charge < -0.3 is 15.1 Å². The van der Waals surface area contributed by atoms with Crippen LogP contribution in [0.25, 0.3) is 10.4 Å². The zero-order valence-electron chi connectivity index (χ0n) is 14.6. The summed E-state index contributed by atoms with van der Waals surface area (Å²) in [5, 5.41) is 19.6. The lowest BCUT2D eigenvalue weighted by Gasteiger charge is -2.46. The highest BCUT2D eigenvalue weighted by atomic mass is 32.2. The number of rotatable bonds is 4. The number of aliphatic hydroxyl groups is 1. The Kier molecular flexibility index (Phi) is 3.78. The lowest BCUT2D eigenvalue weighted by Crippen LogP contribution is -2.63. The molecule has 9 nitrogen and oxygen atoms in total. The maximum Gasteiger partial charge on any atom is 0.352 e. The smallest absolute Gasteiger partial charge is 0.352 e. The quantitative estimate of drug-likeness (QED) is 0.699. The van der Waals surface area contributed by atoms with Crippen molar-refractivity contribution in [2.75, 3.05) is 6.26 Å². The van der Waals surface area contributed by atoms with Gasteiger partial charge in [0.1, 0.15) is 16.9 Å². The van der Waals surface area contributed by atoms with Crippen molar-refractivity contribution in [2.24, 2.45) is 11.8 Å². The topological polar surface area (TPSA) is 129 Å². The largest absolute Gasteiger partial charge is 0.477 e. The van der Waals surface area contributed by atoms with Crippen molar-refractivity contribution in [2.45, 2.75) is 31.0 Å². The van der Waals surface area contributed by atoms with Crippen LogP contribution in [0.4, 0.5) is 0 Å². The number of carbonyl (C=O) groups excluding carboxylic acids is 1. The van der Waals surface area contributed by atoms with Crippen molar-refractivity contribution in [1.82, 2.24) is 14.3 Å². The average molecular weight is 411 g/mol. The Hall–Kier alpha value is -2.24. The summed E-state index contributed by atoms with van der Waals surface area (Å²) in [7, 11) is -3.53. The van der Waals surface area contributed by atoms with E-state index in [0.29, 0.717) is 15.3 Å². The monoisotopic (exact) mass is 411 g/mol. The fraction of sp³-hybridized carbons (Fsp3) is 0.438. The van der Waals surface area contributed by atoms with E-state index in [-0.39, 0.29) is 16.6 Å². The molecule has 0 unspecified atom stereocenters. The first-order chi connectivity index (χ1) is 12.5. The van der Waals surface area contributed by atoms with E-state index in [1.54, 1.807) is 10.6 Å².